The average Bonchev–Trinajstić information content (AvgIpc) is 2.50. The molecular weight excluding hydrogens is 184 g/mol. The zero-order chi connectivity index (χ0) is 8.27. The molecule has 3 nitrogen and oxygen atoms in total. The number of nitriles is 1. The Labute approximate surface area is 74.3 Å². The van der Waals surface area contributed by atoms with Gasteiger partial charge in [-0.05, 0) is 0 Å². The van der Waals surface area contributed by atoms with Crippen molar-refractivity contribution >= 4 is 29.3 Å². The van der Waals surface area contributed by atoms with Crippen molar-refractivity contribution in [3.63, 3.8) is 0 Å². The van der Waals surface area contributed by atoms with Crippen molar-refractivity contribution in [2.45, 2.75) is 6.04 Å². The van der Waals surface area contributed by atoms with Crippen LogP contribution < -0.4 is 0 Å². The van der Waals surface area contributed by atoms with Gasteiger partial charge in [0.25, 0.3) is 0 Å². The second-order valence-corrected chi connectivity index (χ2v) is 3.41. The molecule has 0 aromatic heterocycles. The summed E-state index contributed by atoms with van der Waals surface area (Å²) < 4.78 is 0. The molecule has 0 aromatic carbocycles. The number of hydrogen-bond donors (Lipinski definition) is 0. The number of thioether (sulfide) groups is 1. The molecular formula is C6H7ClN2OS. The quantitative estimate of drug-likeness (QED) is 0.571. The molecule has 0 bridgehead atoms. The third-order valence-electron chi connectivity index (χ3n) is 1.47. The first-order valence-corrected chi connectivity index (χ1v) is 4.81. The molecule has 1 amide bonds. The van der Waals surface area contributed by atoms with E-state index in [4.69, 9.17) is 16.9 Å². The highest BCUT2D eigenvalue weighted by Gasteiger charge is 2.27. The van der Waals surface area contributed by atoms with E-state index in [1.165, 1.54) is 4.90 Å². The first kappa shape index (κ1) is 8.69. The van der Waals surface area contributed by atoms with Crippen LogP contribution in [0.25, 0.3) is 0 Å². The second kappa shape index (κ2) is 3.84. The highest BCUT2D eigenvalue weighted by molar-refractivity contribution is 7.99. The van der Waals surface area contributed by atoms with E-state index in [-0.39, 0.29) is 17.8 Å². The Kier molecular flexibility index (Phi) is 3.03. The van der Waals surface area contributed by atoms with Crippen molar-refractivity contribution in [2.75, 3.05) is 17.5 Å². The van der Waals surface area contributed by atoms with Gasteiger partial charge in [0.2, 0.25) is 5.91 Å². The summed E-state index contributed by atoms with van der Waals surface area (Å²) in [5.41, 5.74) is 0. The van der Waals surface area contributed by atoms with Gasteiger partial charge in [-0.1, -0.05) is 0 Å². The molecule has 0 saturated carbocycles. The van der Waals surface area contributed by atoms with Crippen LogP contribution in [0.15, 0.2) is 0 Å². The predicted molar refractivity (Wildman–Crippen MR) is 44.3 cm³/mol. The van der Waals surface area contributed by atoms with Gasteiger partial charge in [0.05, 0.1) is 11.9 Å². The summed E-state index contributed by atoms with van der Waals surface area (Å²) in [4.78, 5) is 12.5. The molecule has 1 saturated heterocycles. The maximum absolute atomic E-state index is 11.0. The molecule has 0 aliphatic carbocycles. The minimum atomic E-state index is -0.272. The fourth-order valence-corrected chi connectivity index (χ4v) is 2.13. The number of nitrogens with zero attached hydrogens (tertiary/aromatic N) is 2. The van der Waals surface area contributed by atoms with Gasteiger partial charge in [-0.3, -0.25) is 4.79 Å². The fourth-order valence-electron chi connectivity index (χ4n) is 0.872. The van der Waals surface area contributed by atoms with Gasteiger partial charge >= 0.3 is 0 Å². The van der Waals surface area contributed by atoms with Gasteiger partial charge in [0.15, 0.2) is 0 Å². The van der Waals surface area contributed by atoms with Crippen LogP contribution in [0, 0.1) is 11.3 Å². The molecule has 60 valence electrons. The molecule has 1 rings (SSSR count). The van der Waals surface area contributed by atoms with Crippen LogP contribution in [0.1, 0.15) is 0 Å². The molecule has 5 heteroatoms. The Bertz CT molecular complexity index is 203. The number of rotatable bonds is 1. The molecule has 1 aliphatic heterocycles. The Balaban J connectivity index is 2.58. The summed E-state index contributed by atoms with van der Waals surface area (Å²) in [5.74, 6) is 1.13. The average molecular weight is 191 g/mol. The Morgan fingerprint density at radius 3 is 3.18 bits per heavy atom. The topological polar surface area (TPSA) is 44.1 Å². The Morgan fingerprint density at radius 2 is 2.64 bits per heavy atom. The Hall–Kier alpha value is -0.400. The second-order valence-electron chi connectivity index (χ2n) is 2.14. The van der Waals surface area contributed by atoms with E-state index < -0.39 is 0 Å². The van der Waals surface area contributed by atoms with Gasteiger partial charge in [-0.2, -0.15) is 5.26 Å². The highest BCUT2D eigenvalue weighted by atomic mass is 35.5. The van der Waals surface area contributed by atoms with Crippen LogP contribution in [-0.2, 0) is 4.79 Å². The van der Waals surface area contributed by atoms with Crippen LogP contribution in [0.4, 0.5) is 0 Å². The van der Waals surface area contributed by atoms with Crippen molar-refractivity contribution in [2.24, 2.45) is 0 Å². The predicted octanol–water partition coefficient (Wildman–Crippen LogP) is 0.650. The van der Waals surface area contributed by atoms with Gasteiger partial charge in [0, 0.05) is 5.75 Å². The normalized spacial score (nSPS) is 23.3. The van der Waals surface area contributed by atoms with E-state index in [9.17, 15) is 4.79 Å². The van der Waals surface area contributed by atoms with Crippen LogP contribution in [0.5, 0.6) is 0 Å². The maximum atomic E-state index is 11.0. The lowest BCUT2D eigenvalue weighted by Crippen LogP contribution is -2.36. The van der Waals surface area contributed by atoms with Crippen LogP contribution in [0.3, 0.4) is 0 Å². The zero-order valence-corrected chi connectivity index (χ0v) is 7.36. The number of carbonyl (C=O) groups excluding carboxylic acids is 1. The smallest absolute Gasteiger partial charge is 0.239 e. The van der Waals surface area contributed by atoms with Crippen LogP contribution in [-0.4, -0.2) is 34.4 Å². The molecule has 0 N–H and O–H groups in total. The molecule has 1 aliphatic rings. The summed E-state index contributed by atoms with van der Waals surface area (Å²) in [6.07, 6.45) is 0. The number of amides is 1. The largest absolute Gasteiger partial charge is 0.316 e. The fraction of sp³-hybridized carbons (Fsp3) is 0.667. The van der Waals surface area contributed by atoms with Gasteiger partial charge < -0.3 is 4.90 Å². The minimum Gasteiger partial charge on any atom is -0.316 e. The number of alkyl halides is 1. The first-order chi connectivity index (χ1) is 5.29. The van der Waals surface area contributed by atoms with Gasteiger partial charge in [-0.25, -0.2) is 0 Å². The molecule has 1 heterocycles. The first-order valence-electron chi connectivity index (χ1n) is 3.12. The molecule has 0 aromatic rings. The molecule has 1 fully saturated rings. The summed E-state index contributed by atoms with van der Waals surface area (Å²) in [7, 11) is 0. The van der Waals surface area contributed by atoms with E-state index in [0.29, 0.717) is 11.6 Å². The van der Waals surface area contributed by atoms with E-state index in [2.05, 4.69) is 6.07 Å². The van der Waals surface area contributed by atoms with Gasteiger partial charge in [0.1, 0.15) is 11.9 Å². The van der Waals surface area contributed by atoms with Crippen molar-refractivity contribution in [1.82, 2.24) is 4.90 Å². The maximum Gasteiger partial charge on any atom is 0.239 e. The third-order valence-corrected chi connectivity index (χ3v) is 2.71. The number of carbonyl (C=O) groups is 1. The highest BCUT2D eigenvalue weighted by Crippen LogP contribution is 2.20. The summed E-state index contributed by atoms with van der Waals surface area (Å²) in [6.45, 7) is 0. The zero-order valence-electron chi connectivity index (χ0n) is 5.79. The molecule has 1 atom stereocenters. The lowest BCUT2D eigenvalue weighted by Gasteiger charge is -2.16. The third kappa shape index (κ3) is 1.79. The standard InChI is InChI=1S/C6H7ClN2OS/c7-1-6(10)9-4-11-3-5(9)2-8/h5H,1,3-4H2. The Morgan fingerprint density at radius 1 is 1.91 bits per heavy atom. The van der Waals surface area contributed by atoms with E-state index in [1.54, 1.807) is 11.8 Å². The van der Waals surface area contributed by atoms with Gasteiger partial charge in [-0.15, -0.1) is 23.4 Å². The monoisotopic (exact) mass is 190 g/mol. The summed E-state index contributed by atoms with van der Waals surface area (Å²) in [6, 6.07) is 1.78. The lowest BCUT2D eigenvalue weighted by molar-refractivity contribution is -0.128. The minimum absolute atomic E-state index is 0.0290. The molecule has 0 spiro atoms. The van der Waals surface area contributed by atoms with Crippen molar-refractivity contribution in [3.8, 4) is 6.07 Å². The number of hydrogen-bond acceptors (Lipinski definition) is 3. The molecule has 1 unspecified atom stereocenters. The number of halogens is 1. The molecule has 11 heavy (non-hydrogen) atoms. The van der Waals surface area contributed by atoms with E-state index in [0.717, 1.165) is 0 Å². The van der Waals surface area contributed by atoms with Crippen LogP contribution in [0.2, 0.25) is 0 Å². The lowest BCUT2D eigenvalue weighted by atomic mass is 10.3. The van der Waals surface area contributed by atoms with Crippen molar-refractivity contribution in [3.05, 3.63) is 0 Å². The molecule has 0 radical (unpaired) electrons. The van der Waals surface area contributed by atoms with E-state index >= 15 is 0 Å². The van der Waals surface area contributed by atoms with Crippen molar-refractivity contribution < 1.29 is 4.79 Å². The van der Waals surface area contributed by atoms with Crippen LogP contribution >= 0.6 is 23.4 Å². The summed E-state index contributed by atoms with van der Waals surface area (Å²) >= 11 is 6.93. The summed E-state index contributed by atoms with van der Waals surface area (Å²) in [5, 5.41) is 8.58. The van der Waals surface area contributed by atoms with Crippen molar-refractivity contribution in [1.29, 1.82) is 5.26 Å². The SMILES string of the molecule is N#CC1CSCN1C(=O)CCl. The van der Waals surface area contributed by atoms with E-state index in [1.807, 2.05) is 0 Å².